The monoisotopic (exact) mass is 301 g/mol. The molecule has 0 aliphatic carbocycles. The molecule has 118 valence electrons. The van der Waals surface area contributed by atoms with Gasteiger partial charge >= 0.3 is 6.09 Å². The van der Waals surface area contributed by atoms with Gasteiger partial charge in [0.25, 0.3) is 0 Å². The van der Waals surface area contributed by atoms with Crippen molar-refractivity contribution >= 4 is 6.09 Å². The first-order valence-corrected chi connectivity index (χ1v) is 7.73. The van der Waals surface area contributed by atoms with E-state index >= 15 is 0 Å². The predicted molar refractivity (Wildman–Crippen MR) is 84.0 cm³/mol. The van der Waals surface area contributed by atoms with Crippen LogP contribution in [-0.2, 0) is 11.2 Å². The summed E-state index contributed by atoms with van der Waals surface area (Å²) in [6.45, 7) is 6.34. The average Bonchev–Trinajstić information content (AvgIpc) is 2.88. The first-order chi connectivity index (χ1) is 10.6. The minimum absolute atomic E-state index is 0.0499. The lowest BCUT2D eigenvalue weighted by Gasteiger charge is -2.29. The fraction of sp³-hybridized carbons (Fsp3) is 0.529. The molecule has 2 rings (SSSR count). The molecule has 1 amide bonds. The Hall–Kier alpha value is -2.06. The van der Waals surface area contributed by atoms with Crippen LogP contribution in [0.5, 0.6) is 0 Å². The fourth-order valence-corrected chi connectivity index (χ4v) is 2.65. The maximum Gasteiger partial charge on any atom is 0.411 e. The number of rotatable bonds is 7. The van der Waals surface area contributed by atoms with Gasteiger partial charge in [-0.25, -0.2) is 4.79 Å². The molecule has 1 fully saturated rings. The van der Waals surface area contributed by atoms with E-state index < -0.39 is 0 Å². The van der Waals surface area contributed by atoms with Crippen LogP contribution in [0, 0.1) is 17.2 Å². The SMILES string of the molecule is CCN(CC(C)C#N)CN1C(=O)OC[C@@H]1Cc1ccccc1. The van der Waals surface area contributed by atoms with Crippen molar-refractivity contribution in [3.05, 3.63) is 35.9 Å². The van der Waals surface area contributed by atoms with Crippen LogP contribution in [0.3, 0.4) is 0 Å². The van der Waals surface area contributed by atoms with Crippen LogP contribution >= 0.6 is 0 Å². The summed E-state index contributed by atoms with van der Waals surface area (Å²) >= 11 is 0. The molecule has 1 aliphatic rings. The lowest BCUT2D eigenvalue weighted by atomic mass is 10.1. The van der Waals surface area contributed by atoms with Gasteiger partial charge in [0.2, 0.25) is 0 Å². The number of benzene rings is 1. The molecule has 1 unspecified atom stereocenters. The van der Waals surface area contributed by atoms with Crippen molar-refractivity contribution in [3.8, 4) is 6.07 Å². The van der Waals surface area contributed by atoms with Crippen molar-refractivity contribution in [1.82, 2.24) is 9.80 Å². The molecule has 0 saturated carbocycles. The van der Waals surface area contributed by atoms with Crippen molar-refractivity contribution in [1.29, 1.82) is 5.26 Å². The molecule has 1 aliphatic heterocycles. The van der Waals surface area contributed by atoms with Crippen LogP contribution in [0.25, 0.3) is 0 Å². The van der Waals surface area contributed by atoms with Crippen molar-refractivity contribution in [3.63, 3.8) is 0 Å². The highest BCUT2D eigenvalue weighted by Crippen LogP contribution is 2.18. The first-order valence-electron chi connectivity index (χ1n) is 7.73. The number of ether oxygens (including phenoxy) is 1. The van der Waals surface area contributed by atoms with Gasteiger partial charge in [0.1, 0.15) is 6.61 Å². The Morgan fingerprint density at radius 2 is 2.18 bits per heavy atom. The summed E-state index contributed by atoms with van der Waals surface area (Å²) in [5, 5.41) is 8.96. The second-order valence-corrected chi connectivity index (χ2v) is 5.73. The number of carbonyl (C=O) groups excluding carboxylic acids is 1. The lowest BCUT2D eigenvalue weighted by molar-refractivity contribution is 0.120. The van der Waals surface area contributed by atoms with Crippen molar-refractivity contribution in [2.45, 2.75) is 26.3 Å². The molecule has 1 aromatic carbocycles. The zero-order chi connectivity index (χ0) is 15.9. The Morgan fingerprint density at radius 1 is 1.45 bits per heavy atom. The highest BCUT2D eigenvalue weighted by molar-refractivity contribution is 5.70. The zero-order valence-corrected chi connectivity index (χ0v) is 13.2. The van der Waals surface area contributed by atoms with E-state index in [0.29, 0.717) is 19.8 Å². The zero-order valence-electron chi connectivity index (χ0n) is 13.2. The van der Waals surface area contributed by atoms with Gasteiger partial charge in [-0.15, -0.1) is 0 Å². The lowest BCUT2D eigenvalue weighted by Crippen LogP contribution is -2.45. The third kappa shape index (κ3) is 4.22. The third-order valence-electron chi connectivity index (χ3n) is 3.94. The van der Waals surface area contributed by atoms with Gasteiger partial charge in [-0.1, -0.05) is 37.3 Å². The Balaban J connectivity index is 2.00. The number of hydrogen-bond acceptors (Lipinski definition) is 4. The predicted octanol–water partition coefficient (Wildman–Crippen LogP) is 2.49. The molecule has 5 heteroatoms. The highest BCUT2D eigenvalue weighted by Gasteiger charge is 2.33. The largest absolute Gasteiger partial charge is 0.447 e. The maximum atomic E-state index is 12.0. The minimum Gasteiger partial charge on any atom is -0.447 e. The minimum atomic E-state index is -0.260. The van der Waals surface area contributed by atoms with Crippen LogP contribution in [0.1, 0.15) is 19.4 Å². The molecular formula is C17H23N3O2. The summed E-state index contributed by atoms with van der Waals surface area (Å²) in [4.78, 5) is 15.9. The fourth-order valence-electron chi connectivity index (χ4n) is 2.65. The van der Waals surface area contributed by atoms with Crippen molar-refractivity contribution < 1.29 is 9.53 Å². The van der Waals surface area contributed by atoms with E-state index in [-0.39, 0.29) is 18.1 Å². The quantitative estimate of drug-likeness (QED) is 0.776. The number of amides is 1. The van der Waals surface area contributed by atoms with Gasteiger partial charge in [0, 0.05) is 6.54 Å². The van der Waals surface area contributed by atoms with E-state index in [2.05, 4.69) is 23.1 Å². The molecule has 0 N–H and O–H groups in total. The summed E-state index contributed by atoms with van der Waals surface area (Å²) < 4.78 is 5.22. The first kappa shape index (κ1) is 16.3. The summed E-state index contributed by atoms with van der Waals surface area (Å²) in [6.07, 6.45) is 0.529. The van der Waals surface area contributed by atoms with E-state index in [4.69, 9.17) is 10.00 Å². The molecule has 1 aromatic rings. The number of nitrogens with zero attached hydrogens (tertiary/aromatic N) is 3. The van der Waals surface area contributed by atoms with Crippen molar-refractivity contribution in [2.24, 2.45) is 5.92 Å². The third-order valence-corrected chi connectivity index (χ3v) is 3.94. The molecule has 5 nitrogen and oxygen atoms in total. The van der Waals surface area contributed by atoms with Gasteiger partial charge in [-0.2, -0.15) is 5.26 Å². The van der Waals surface area contributed by atoms with Gasteiger partial charge in [-0.05, 0) is 25.5 Å². The summed E-state index contributed by atoms with van der Waals surface area (Å²) in [5.74, 6) is -0.0499. The number of hydrogen-bond donors (Lipinski definition) is 0. The highest BCUT2D eigenvalue weighted by atomic mass is 16.6. The van der Waals surface area contributed by atoms with Gasteiger partial charge < -0.3 is 4.74 Å². The molecule has 1 heterocycles. The van der Waals surface area contributed by atoms with Crippen LogP contribution in [0.4, 0.5) is 4.79 Å². The van der Waals surface area contributed by atoms with Crippen molar-refractivity contribution in [2.75, 3.05) is 26.4 Å². The molecule has 1 saturated heterocycles. The molecule has 0 bridgehead atoms. The molecular weight excluding hydrogens is 278 g/mol. The molecule has 0 aromatic heterocycles. The Morgan fingerprint density at radius 3 is 2.82 bits per heavy atom. The normalized spacial score (nSPS) is 19.1. The number of nitriles is 1. The van der Waals surface area contributed by atoms with Gasteiger partial charge in [0.15, 0.2) is 0 Å². The molecule has 22 heavy (non-hydrogen) atoms. The topological polar surface area (TPSA) is 56.6 Å². The molecule has 2 atom stereocenters. The average molecular weight is 301 g/mol. The van der Waals surface area contributed by atoms with Crippen LogP contribution in [0.2, 0.25) is 0 Å². The Labute approximate surface area is 132 Å². The van der Waals surface area contributed by atoms with E-state index in [1.165, 1.54) is 5.56 Å². The Kier molecular flexibility index (Phi) is 5.79. The van der Waals surface area contributed by atoms with Crippen LogP contribution in [-0.4, -0.2) is 48.3 Å². The van der Waals surface area contributed by atoms with Crippen LogP contribution < -0.4 is 0 Å². The number of carbonyl (C=O) groups is 1. The second-order valence-electron chi connectivity index (χ2n) is 5.73. The standard InChI is InChI=1S/C17H23N3O2/c1-3-19(11-14(2)10-18)13-20-16(12-22-17(20)21)9-15-7-5-4-6-8-15/h4-8,14,16H,3,9,11-13H2,1-2H3/t14?,16-/m0/s1. The van der Waals surface area contributed by atoms with Gasteiger partial charge in [-0.3, -0.25) is 9.80 Å². The second kappa shape index (κ2) is 7.81. The molecule has 0 spiro atoms. The molecule has 0 radical (unpaired) electrons. The number of cyclic esters (lactones) is 1. The summed E-state index contributed by atoms with van der Waals surface area (Å²) in [7, 11) is 0. The Bertz CT molecular complexity index is 526. The summed E-state index contributed by atoms with van der Waals surface area (Å²) in [6, 6.07) is 12.4. The van der Waals surface area contributed by atoms with Gasteiger partial charge in [0.05, 0.1) is 24.7 Å². The van der Waals surface area contributed by atoms with E-state index in [9.17, 15) is 4.79 Å². The van der Waals surface area contributed by atoms with Crippen LogP contribution in [0.15, 0.2) is 30.3 Å². The van der Waals surface area contributed by atoms with E-state index in [0.717, 1.165) is 13.0 Å². The smallest absolute Gasteiger partial charge is 0.411 e. The van der Waals surface area contributed by atoms with E-state index in [1.54, 1.807) is 4.90 Å². The maximum absolute atomic E-state index is 12.0. The summed E-state index contributed by atoms with van der Waals surface area (Å²) in [5.41, 5.74) is 1.20. The van der Waals surface area contributed by atoms with E-state index in [1.807, 2.05) is 32.0 Å².